The van der Waals surface area contributed by atoms with Crippen LogP contribution >= 0.6 is 22.7 Å². The van der Waals surface area contributed by atoms with E-state index in [1.807, 2.05) is 0 Å². The van der Waals surface area contributed by atoms with E-state index in [1.54, 1.807) is 22.7 Å². The summed E-state index contributed by atoms with van der Waals surface area (Å²) in [4.78, 5) is 4.64. The number of anilines is 7. The van der Waals surface area contributed by atoms with Gasteiger partial charge in [-0.1, -0.05) is 156 Å². The van der Waals surface area contributed by atoms with Crippen LogP contribution in [0.5, 0.6) is 0 Å². The first kappa shape index (κ1) is 46.3. The molecule has 70 heavy (non-hydrogen) atoms. The monoisotopic (exact) mass is 945 g/mol. The lowest BCUT2D eigenvalue weighted by Gasteiger charge is -2.37. The van der Waals surface area contributed by atoms with Crippen molar-refractivity contribution in [1.82, 2.24) is 0 Å². The van der Waals surface area contributed by atoms with Crippen molar-refractivity contribution in [3.63, 3.8) is 0 Å². The van der Waals surface area contributed by atoms with Gasteiger partial charge in [0.1, 0.15) is 0 Å². The highest BCUT2D eigenvalue weighted by atomic mass is 32.1. The van der Waals surface area contributed by atoms with Crippen molar-refractivity contribution >= 4 is 62.5 Å². The van der Waals surface area contributed by atoms with Crippen molar-refractivity contribution in [2.45, 2.75) is 58.4 Å². The third-order valence-electron chi connectivity index (χ3n) is 13.7. The molecule has 1 N–H and O–H groups in total. The van der Waals surface area contributed by atoms with Gasteiger partial charge >= 0.3 is 0 Å². The second-order valence-electron chi connectivity index (χ2n) is 19.0. The molecule has 10 rings (SSSR count). The maximum Gasteiger partial charge on any atom is 0.0626 e. The molecule has 0 saturated carbocycles. The van der Waals surface area contributed by atoms with Gasteiger partial charge in [0, 0.05) is 62.1 Å². The van der Waals surface area contributed by atoms with E-state index in [1.165, 1.54) is 55.6 Å². The molecular weight excluding hydrogens is 887 g/mol. The maximum absolute atomic E-state index is 4.12. The van der Waals surface area contributed by atoms with Crippen LogP contribution in [-0.2, 0) is 11.0 Å². The van der Waals surface area contributed by atoms with E-state index in [0.717, 1.165) is 52.7 Å². The molecule has 0 fully saturated rings. The quantitative estimate of drug-likeness (QED) is 0.110. The average molecular weight is 946 g/mol. The third kappa shape index (κ3) is 9.48. The molecule has 0 radical (unpaired) electrons. The van der Waals surface area contributed by atoms with E-state index < -0.39 is 0 Å². The number of hydrogen-bond donors (Lipinski definition) is 1. The van der Waals surface area contributed by atoms with Gasteiger partial charge in [-0.2, -0.15) is 22.7 Å². The molecule has 2 aromatic heterocycles. The fourth-order valence-electron chi connectivity index (χ4n) is 9.81. The Morgan fingerprint density at radius 2 is 0.729 bits per heavy atom. The van der Waals surface area contributed by atoms with Crippen molar-refractivity contribution in [1.29, 1.82) is 0 Å². The zero-order valence-corrected chi connectivity index (χ0v) is 42.3. The van der Waals surface area contributed by atoms with E-state index in [4.69, 9.17) is 0 Å². The molecule has 2 heterocycles. The lowest BCUT2D eigenvalue weighted by atomic mass is 9.78. The lowest BCUT2D eigenvalue weighted by Crippen LogP contribution is -2.34. The number of hydrogen-bond acceptors (Lipinski definition) is 5. The molecular formula is C65H59N3S2. The van der Waals surface area contributed by atoms with E-state index in [2.05, 4.69) is 284 Å². The fourth-order valence-corrected chi connectivity index (χ4v) is 11.5. The Balaban J connectivity index is 1.06. The molecule has 3 nitrogen and oxygen atoms in total. The molecule has 0 atom stereocenters. The summed E-state index contributed by atoms with van der Waals surface area (Å²) in [6.07, 6.45) is 1.83. The van der Waals surface area contributed by atoms with Gasteiger partial charge in [0.25, 0.3) is 0 Å². The third-order valence-corrected chi connectivity index (χ3v) is 15.2. The Morgan fingerprint density at radius 3 is 1.13 bits per heavy atom. The summed E-state index contributed by atoms with van der Waals surface area (Å²) in [6.45, 7) is 11.5. The minimum absolute atomic E-state index is 0.0796. The van der Waals surface area contributed by atoms with Crippen LogP contribution in [0.4, 0.5) is 39.8 Å². The van der Waals surface area contributed by atoms with Crippen LogP contribution in [-0.4, -0.2) is 0 Å². The van der Waals surface area contributed by atoms with Gasteiger partial charge in [-0.25, -0.2) is 0 Å². The van der Waals surface area contributed by atoms with Crippen LogP contribution in [0.2, 0.25) is 0 Å². The minimum atomic E-state index is -0.331. The number of rotatable bonds is 15. The average Bonchev–Trinajstić information content (AvgIpc) is 4.12. The number of thiophene rings is 2. The predicted molar refractivity (Wildman–Crippen MR) is 304 cm³/mol. The number of benzene rings is 8. The Hall–Kier alpha value is -7.44. The van der Waals surface area contributed by atoms with E-state index in [-0.39, 0.29) is 11.0 Å². The molecule has 0 spiro atoms. The van der Waals surface area contributed by atoms with Gasteiger partial charge in [-0.3, -0.25) is 0 Å². The van der Waals surface area contributed by atoms with Crippen molar-refractivity contribution in [2.24, 2.45) is 0 Å². The van der Waals surface area contributed by atoms with Gasteiger partial charge < -0.3 is 15.1 Å². The summed E-state index contributed by atoms with van der Waals surface area (Å²) in [5, 5.41) is 13.4. The molecule has 0 bridgehead atoms. The SMILES string of the molecule is CCC(CC)(Nc1ccc(C(C)(C)C)cc1)c1ccc(-c2cscc2-c2ccc(N(c3ccccc3)c3ccccc3)cc2)cc1-c1cscc1-c1ccc(N(c2ccccc2)c2ccccc2)cc1. The van der Waals surface area contributed by atoms with Crippen LogP contribution in [0.15, 0.2) is 234 Å². The zero-order valence-electron chi connectivity index (χ0n) is 40.6. The molecule has 0 unspecified atom stereocenters. The number of para-hydroxylation sites is 4. The highest BCUT2D eigenvalue weighted by molar-refractivity contribution is 7.09. The first-order valence-electron chi connectivity index (χ1n) is 24.4. The lowest BCUT2D eigenvalue weighted by molar-refractivity contribution is 0.456. The van der Waals surface area contributed by atoms with Gasteiger partial charge in [0.2, 0.25) is 0 Å². The molecule has 8 aromatic carbocycles. The number of nitrogens with one attached hydrogen (secondary N) is 1. The van der Waals surface area contributed by atoms with Crippen LogP contribution in [0.3, 0.4) is 0 Å². The van der Waals surface area contributed by atoms with Crippen molar-refractivity contribution in [3.05, 3.63) is 245 Å². The predicted octanol–water partition coefficient (Wildman–Crippen LogP) is 19.8. The standard InChI is InChI=1S/C65H59N3S2/c1-6-65(7-2,66-51-35-33-50(34-36-51)64(3,4)5)63-41-32-49(61-45-69-43-59(61)47-28-37-56(38-29-47)67(52-20-12-8-13-21-52)53-22-14-9-15-23-53)42-58(63)62-46-70-44-60(62)48-30-39-57(40-31-48)68(54-24-16-10-17-25-54)55-26-18-11-19-27-55/h8-46,66H,6-7H2,1-5H3. The largest absolute Gasteiger partial charge is 0.376 e. The van der Waals surface area contributed by atoms with Crippen LogP contribution < -0.4 is 15.1 Å². The normalized spacial score (nSPS) is 11.6. The fraction of sp³-hybridized carbons (Fsp3) is 0.138. The maximum atomic E-state index is 4.12. The summed E-state index contributed by atoms with van der Waals surface area (Å²) < 4.78 is 0. The van der Waals surface area contributed by atoms with Crippen LogP contribution in [0.25, 0.3) is 44.5 Å². The molecule has 0 aliphatic carbocycles. The first-order chi connectivity index (χ1) is 34.2. The summed E-state index contributed by atoms with van der Waals surface area (Å²) >= 11 is 3.54. The Morgan fingerprint density at radius 1 is 0.371 bits per heavy atom. The summed E-state index contributed by atoms with van der Waals surface area (Å²) in [5.41, 5.74) is 20.1. The molecule has 0 amide bonds. The molecule has 0 saturated heterocycles. The zero-order chi connectivity index (χ0) is 48.1. The molecule has 346 valence electrons. The summed E-state index contributed by atoms with van der Waals surface area (Å²) in [7, 11) is 0. The molecule has 10 aromatic rings. The molecule has 0 aliphatic heterocycles. The first-order valence-corrected chi connectivity index (χ1v) is 26.3. The van der Waals surface area contributed by atoms with Gasteiger partial charge in [-0.15, -0.1) is 0 Å². The van der Waals surface area contributed by atoms with E-state index in [0.29, 0.717) is 0 Å². The van der Waals surface area contributed by atoms with Gasteiger partial charge in [-0.05, 0) is 164 Å². The minimum Gasteiger partial charge on any atom is -0.376 e. The second kappa shape index (κ2) is 20.3. The van der Waals surface area contributed by atoms with Crippen LogP contribution in [0.1, 0.15) is 58.6 Å². The number of nitrogens with zero attached hydrogens (tertiary/aromatic N) is 2. The highest BCUT2D eigenvalue weighted by Crippen LogP contribution is 2.47. The van der Waals surface area contributed by atoms with Crippen molar-refractivity contribution < 1.29 is 0 Å². The van der Waals surface area contributed by atoms with Gasteiger partial charge in [0.05, 0.1) is 5.54 Å². The second-order valence-corrected chi connectivity index (χ2v) is 20.5. The smallest absolute Gasteiger partial charge is 0.0626 e. The summed E-state index contributed by atoms with van der Waals surface area (Å²) in [5.74, 6) is 0. The Bertz CT molecular complexity index is 3180. The highest BCUT2D eigenvalue weighted by Gasteiger charge is 2.33. The van der Waals surface area contributed by atoms with Crippen molar-refractivity contribution in [3.8, 4) is 44.5 Å². The van der Waals surface area contributed by atoms with E-state index in [9.17, 15) is 0 Å². The topological polar surface area (TPSA) is 18.5 Å². The Labute approximate surface area is 423 Å². The Kier molecular flexibility index (Phi) is 13.4. The van der Waals surface area contributed by atoms with Crippen LogP contribution in [0, 0.1) is 0 Å². The molecule has 0 aliphatic rings. The van der Waals surface area contributed by atoms with Gasteiger partial charge in [0.15, 0.2) is 0 Å². The summed E-state index contributed by atoms with van der Waals surface area (Å²) in [6, 6.07) is 77.0. The molecule has 5 heteroatoms. The van der Waals surface area contributed by atoms with E-state index >= 15 is 0 Å². The van der Waals surface area contributed by atoms with Crippen molar-refractivity contribution in [2.75, 3.05) is 15.1 Å².